The third-order valence-corrected chi connectivity index (χ3v) is 5.67. The predicted octanol–water partition coefficient (Wildman–Crippen LogP) is 5.68. The molecule has 1 heterocycles. The average molecular weight is 436 g/mol. The van der Waals surface area contributed by atoms with Crippen LogP contribution in [0.3, 0.4) is 0 Å². The Balaban J connectivity index is 1.57. The number of nitrogens with zero attached hydrogens (tertiary/aromatic N) is 1. The Hall–Kier alpha value is -4.09. The summed E-state index contributed by atoms with van der Waals surface area (Å²) in [7, 11) is 1.67. The number of para-hydroxylation sites is 1. The van der Waals surface area contributed by atoms with E-state index < -0.39 is 5.91 Å². The number of rotatable bonds is 7. The van der Waals surface area contributed by atoms with Crippen molar-refractivity contribution in [2.75, 3.05) is 7.11 Å². The molecule has 5 aromatic rings. The minimum Gasteiger partial charge on any atom is -0.457 e. The predicted molar refractivity (Wildman–Crippen MR) is 130 cm³/mol. The summed E-state index contributed by atoms with van der Waals surface area (Å²) in [4.78, 5) is 12.1. The third-order valence-electron chi connectivity index (χ3n) is 5.67. The van der Waals surface area contributed by atoms with E-state index in [1.165, 1.54) is 0 Å². The molecule has 163 valence electrons. The van der Waals surface area contributed by atoms with Crippen molar-refractivity contribution in [3.8, 4) is 11.5 Å². The smallest absolute Gasteiger partial charge is 0.249 e. The summed E-state index contributed by atoms with van der Waals surface area (Å²) in [5.74, 6) is 1.13. The van der Waals surface area contributed by atoms with Crippen molar-refractivity contribution in [2.45, 2.75) is 13.2 Å². The highest BCUT2D eigenvalue weighted by molar-refractivity contribution is 6.17. The molecule has 5 rings (SSSR count). The summed E-state index contributed by atoms with van der Waals surface area (Å²) in [6, 6.07) is 30.7. The number of fused-ring (bicyclic) bond motifs is 3. The SMILES string of the molecule is COCc1c[c]c2c3c(C(N)=O)cccc3n(Cc3ccc(Oc4ccccc4)cc3)c2c1. The van der Waals surface area contributed by atoms with Crippen molar-refractivity contribution in [3.05, 3.63) is 108 Å². The molecule has 0 fully saturated rings. The van der Waals surface area contributed by atoms with Gasteiger partial charge in [-0.1, -0.05) is 36.4 Å². The van der Waals surface area contributed by atoms with Crippen molar-refractivity contribution < 1.29 is 14.3 Å². The highest BCUT2D eigenvalue weighted by Gasteiger charge is 2.17. The summed E-state index contributed by atoms with van der Waals surface area (Å²) in [6.45, 7) is 1.11. The summed E-state index contributed by atoms with van der Waals surface area (Å²) >= 11 is 0. The number of carbonyl (C=O) groups is 1. The fourth-order valence-corrected chi connectivity index (χ4v) is 4.19. The second-order valence-electron chi connectivity index (χ2n) is 7.91. The van der Waals surface area contributed by atoms with Gasteiger partial charge in [-0.25, -0.2) is 0 Å². The van der Waals surface area contributed by atoms with Gasteiger partial charge in [-0.05, 0) is 65.7 Å². The van der Waals surface area contributed by atoms with Gasteiger partial charge < -0.3 is 19.8 Å². The lowest BCUT2D eigenvalue weighted by atomic mass is 10.0. The van der Waals surface area contributed by atoms with Gasteiger partial charge in [0.25, 0.3) is 0 Å². The zero-order valence-corrected chi connectivity index (χ0v) is 18.2. The molecule has 0 aliphatic carbocycles. The molecule has 0 atom stereocenters. The minimum atomic E-state index is -0.448. The van der Waals surface area contributed by atoms with E-state index in [0.717, 1.165) is 44.4 Å². The maximum atomic E-state index is 12.1. The van der Waals surface area contributed by atoms with Gasteiger partial charge >= 0.3 is 0 Å². The molecule has 1 radical (unpaired) electrons. The number of hydrogen-bond acceptors (Lipinski definition) is 3. The molecule has 0 bridgehead atoms. The Morgan fingerprint density at radius 1 is 0.909 bits per heavy atom. The normalized spacial score (nSPS) is 11.2. The van der Waals surface area contributed by atoms with Crippen LogP contribution in [0.1, 0.15) is 21.5 Å². The van der Waals surface area contributed by atoms with Gasteiger partial charge in [0.05, 0.1) is 17.6 Å². The van der Waals surface area contributed by atoms with Crippen LogP contribution in [-0.2, 0) is 17.9 Å². The molecule has 5 heteroatoms. The quantitative estimate of drug-likeness (QED) is 0.358. The van der Waals surface area contributed by atoms with Crippen LogP contribution in [-0.4, -0.2) is 17.6 Å². The molecule has 0 spiro atoms. The Kier molecular flexibility index (Phi) is 5.55. The van der Waals surface area contributed by atoms with E-state index in [0.29, 0.717) is 18.7 Å². The van der Waals surface area contributed by atoms with E-state index in [9.17, 15) is 4.79 Å². The first-order valence-electron chi connectivity index (χ1n) is 10.7. The van der Waals surface area contributed by atoms with Crippen molar-refractivity contribution >= 4 is 27.7 Å². The largest absolute Gasteiger partial charge is 0.457 e. The van der Waals surface area contributed by atoms with Crippen LogP contribution >= 0.6 is 0 Å². The molecule has 5 nitrogen and oxygen atoms in total. The number of primary amides is 1. The fourth-order valence-electron chi connectivity index (χ4n) is 4.19. The molecule has 4 aromatic carbocycles. The number of hydrogen-bond donors (Lipinski definition) is 1. The maximum Gasteiger partial charge on any atom is 0.249 e. The standard InChI is InChI=1S/C28H23N2O3/c1-32-18-20-12-15-23-26(16-20)30(25-9-5-8-24(27(23)25)28(29)31)17-19-10-13-22(14-11-19)33-21-6-3-2-4-7-21/h2-14,16H,17-18H2,1H3,(H2,29,31). The van der Waals surface area contributed by atoms with Gasteiger partial charge in [0, 0.05) is 30.0 Å². The summed E-state index contributed by atoms with van der Waals surface area (Å²) < 4.78 is 13.4. The maximum absolute atomic E-state index is 12.1. The molecule has 0 aliphatic heterocycles. The molecule has 0 unspecified atom stereocenters. The van der Waals surface area contributed by atoms with E-state index in [-0.39, 0.29) is 0 Å². The molecule has 1 amide bonds. The van der Waals surface area contributed by atoms with E-state index in [2.05, 4.69) is 28.8 Å². The molecule has 2 N–H and O–H groups in total. The van der Waals surface area contributed by atoms with Gasteiger partial charge in [0.1, 0.15) is 11.5 Å². The van der Waals surface area contributed by atoms with Crippen LogP contribution in [0, 0.1) is 6.07 Å². The number of benzene rings is 4. The summed E-state index contributed by atoms with van der Waals surface area (Å²) in [5.41, 5.74) is 10.2. The number of ether oxygens (including phenoxy) is 2. The zero-order valence-electron chi connectivity index (χ0n) is 18.2. The van der Waals surface area contributed by atoms with Crippen molar-refractivity contribution in [3.63, 3.8) is 0 Å². The molecular formula is C28H23N2O3. The van der Waals surface area contributed by atoms with Crippen LogP contribution < -0.4 is 10.5 Å². The van der Waals surface area contributed by atoms with Gasteiger partial charge in [-0.2, -0.15) is 0 Å². The Labute approximate surface area is 192 Å². The number of amides is 1. The highest BCUT2D eigenvalue weighted by Crippen LogP contribution is 2.33. The lowest BCUT2D eigenvalue weighted by Crippen LogP contribution is -2.11. The second-order valence-corrected chi connectivity index (χ2v) is 7.91. The van der Waals surface area contributed by atoms with Crippen molar-refractivity contribution in [2.24, 2.45) is 5.73 Å². The molecule has 33 heavy (non-hydrogen) atoms. The van der Waals surface area contributed by atoms with Crippen LogP contribution in [0.15, 0.2) is 84.9 Å². The lowest BCUT2D eigenvalue weighted by molar-refractivity contribution is 0.100. The fraction of sp³-hybridized carbons (Fsp3) is 0.107. The van der Waals surface area contributed by atoms with Crippen LogP contribution in [0.2, 0.25) is 0 Å². The average Bonchev–Trinajstić information content (AvgIpc) is 3.14. The van der Waals surface area contributed by atoms with Crippen LogP contribution in [0.4, 0.5) is 0 Å². The van der Waals surface area contributed by atoms with E-state index in [1.807, 2.05) is 60.7 Å². The first kappa shape index (κ1) is 20.8. The molecular weight excluding hydrogens is 412 g/mol. The van der Waals surface area contributed by atoms with E-state index in [4.69, 9.17) is 15.2 Å². The Morgan fingerprint density at radius 3 is 2.39 bits per heavy atom. The highest BCUT2D eigenvalue weighted by atomic mass is 16.5. The number of aromatic nitrogens is 1. The number of carbonyl (C=O) groups excluding carboxylic acids is 1. The summed E-state index contributed by atoms with van der Waals surface area (Å²) in [5, 5.41) is 1.70. The first-order chi connectivity index (χ1) is 16.1. The third kappa shape index (κ3) is 4.06. The van der Waals surface area contributed by atoms with Crippen molar-refractivity contribution in [1.29, 1.82) is 0 Å². The van der Waals surface area contributed by atoms with Gasteiger partial charge in [0.2, 0.25) is 5.91 Å². The van der Waals surface area contributed by atoms with Crippen LogP contribution in [0.5, 0.6) is 11.5 Å². The van der Waals surface area contributed by atoms with Gasteiger partial charge in [-0.15, -0.1) is 0 Å². The molecule has 0 saturated carbocycles. The molecule has 1 aromatic heterocycles. The van der Waals surface area contributed by atoms with Gasteiger partial charge in [0.15, 0.2) is 0 Å². The number of methoxy groups -OCH3 is 1. The van der Waals surface area contributed by atoms with Crippen LogP contribution in [0.25, 0.3) is 21.8 Å². The second kappa shape index (κ2) is 8.81. The van der Waals surface area contributed by atoms with E-state index in [1.54, 1.807) is 13.2 Å². The topological polar surface area (TPSA) is 66.5 Å². The monoisotopic (exact) mass is 435 g/mol. The number of nitrogens with two attached hydrogens (primary N) is 1. The Morgan fingerprint density at radius 2 is 1.67 bits per heavy atom. The van der Waals surface area contributed by atoms with Gasteiger partial charge in [-0.3, -0.25) is 4.79 Å². The lowest BCUT2D eigenvalue weighted by Gasteiger charge is -2.10. The Bertz CT molecular complexity index is 1440. The molecule has 0 saturated heterocycles. The zero-order chi connectivity index (χ0) is 22.8. The van der Waals surface area contributed by atoms with Crippen molar-refractivity contribution in [1.82, 2.24) is 4.57 Å². The van der Waals surface area contributed by atoms with E-state index >= 15 is 0 Å². The molecule has 0 aliphatic rings. The minimum absolute atomic E-state index is 0.448. The summed E-state index contributed by atoms with van der Waals surface area (Å²) in [6.07, 6.45) is 0. The first-order valence-corrected chi connectivity index (χ1v) is 10.7.